The second-order valence-electron chi connectivity index (χ2n) is 8.24. The molecule has 1 amide bonds. The fourth-order valence-electron chi connectivity index (χ4n) is 4.25. The van der Waals surface area contributed by atoms with E-state index in [2.05, 4.69) is 26.0 Å². The molecule has 9 nitrogen and oxygen atoms in total. The molecular weight excluding hydrogens is 406 g/mol. The first kappa shape index (κ1) is 18.7. The van der Waals surface area contributed by atoms with E-state index >= 15 is 0 Å². The first-order valence-corrected chi connectivity index (χ1v) is 10.6. The van der Waals surface area contributed by atoms with Crippen molar-refractivity contribution in [2.45, 2.75) is 25.7 Å². The molecule has 3 aromatic heterocycles. The molecule has 1 fully saturated rings. The molecule has 4 heterocycles. The number of anilines is 2. The molecule has 1 aliphatic heterocycles. The SMILES string of the molecule is Cc1cnc(-n2ccc3cc(N4CCOc5ncnc(N)c5C4=O)cc(C4CC4)c32)nc1. The highest BCUT2D eigenvalue weighted by Gasteiger charge is 2.32. The van der Waals surface area contributed by atoms with Crippen LogP contribution in [0.3, 0.4) is 0 Å². The van der Waals surface area contributed by atoms with Gasteiger partial charge in [-0.3, -0.25) is 9.36 Å². The number of nitrogens with zero attached hydrogens (tertiary/aromatic N) is 6. The minimum atomic E-state index is -0.252. The lowest BCUT2D eigenvalue weighted by atomic mass is 10.0. The van der Waals surface area contributed by atoms with E-state index in [4.69, 9.17) is 10.5 Å². The summed E-state index contributed by atoms with van der Waals surface area (Å²) in [6.07, 6.45) is 9.18. The normalized spacial score (nSPS) is 16.0. The summed E-state index contributed by atoms with van der Waals surface area (Å²) in [6.45, 7) is 2.69. The molecule has 2 aliphatic rings. The number of hydrogen-bond donors (Lipinski definition) is 1. The Balaban J connectivity index is 1.49. The van der Waals surface area contributed by atoms with E-state index < -0.39 is 0 Å². The van der Waals surface area contributed by atoms with Crippen molar-refractivity contribution in [3.05, 3.63) is 59.8 Å². The van der Waals surface area contributed by atoms with E-state index in [1.807, 2.05) is 42.2 Å². The van der Waals surface area contributed by atoms with Crippen molar-refractivity contribution in [2.24, 2.45) is 0 Å². The van der Waals surface area contributed by atoms with Crippen LogP contribution in [-0.4, -0.2) is 43.6 Å². The highest BCUT2D eigenvalue weighted by Crippen LogP contribution is 2.45. The number of hydrogen-bond acceptors (Lipinski definition) is 7. The highest BCUT2D eigenvalue weighted by atomic mass is 16.5. The maximum absolute atomic E-state index is 13.4. The molecule has 2 N–H and O–H groups in total. The first-order valence-electron chi connectivity index (χ1n) is 10.6. The van der Waals surface area contributed by atoms with Crippen LogP contribution in [0.1, 0.15) is 40.2 Å². The number of fused-ring (bicyclic) bond motifs is 2. The number of nitrogens with two attached hydrogens (primary N) is 1. The standard InChI is InChI=1S/C23H21N7O2/c1-13-10-25-23(26-11-13)30-5-4-15-8-16(9-17(19(15)30)14-2-3-14)29-6-7-32-21-18(22(29)31)20(24)27-12-28-21/h4-5,8-12,14H,2-3,6-7H2,1H3,(H2,24,27,28). The molecular formula is C23H21N7O2. The number of amides is 1. The summed E-state index contributed by atoms with van der Waals surface area (Å²) in [5.74, 6) is 1.20. The minimum absolute atomic E-state index is 0.123. The lowest BCUT2D eigenvalue weighted by molar-refractivity contribution is 0.0990. The second kappa shape index (κ2) is 7.01. The topological polar surface area (TPSA) is 112 Å². The molecule has 1 aromatic carbocycles. The average Bonchev–Trinajstić information content (AvgIpc) is 3.57. The van der Waals surface area contributed by atoms with Crippen LogP contribution < -0.4 is 15.4 Å². The molecule has 1 saturated carbocycles. The summed E-state index contributed by atoms with van der Waals surface area (Å²) >= 11 is 0. The fraction of sp³-hybridized carbons (Fsp3) is 0.261. The van der Waals surface area contributed by atoms with Gasteiger partial charge in [0.15, 0.2) is 0 Å². The van der Waals surface area contributed by atoms with Crippen LogP contribution in [0.4, 0.5) is 11.5 Å². The Morgan fingerprint density at radius 3 is 2.72 bits per heavy atom. The molecule has 0 bridgehead atoms. The van der Waals surface area contributed by atoms with Gasteiger partial charge in [0.2, 0.25) is 11.8 Å². The van der Waals surface area contributed by atoms with Gasteiger partial charge in [-0.15, -0.1) is 0 Å². The third kappa shape index (κ3) is 2.96. The van der Waals surface area contributed by atoms with Crippen LogP contribution in [0.2, 0.25) is 0 Å². The second-order valence-corrected chi connectivity index (χ2v) is 8.24. The van der Waals surface area contributed by atoms with Gasteiger partial charge in [-0.25, -0.2) is 19.9 Å². The Bertz CT molecular complexity index is 1360. The van der Waals surface area contributed by atoms with Crippen LogP contribution in [0.15, 0.2) is 43.1 Å². The molecule has 4 aromatic rings. The molecule has 0 saturated heterocycles. The Morgan fingerprint density at radius 1 is 1.12 bits per heavy atom. The summed E-state index contributed by atoms with van der Waals surface area (Å²) in [4.78, 5) is 32.2. The van der Waals surface area contributed by atoms with Crippen LogP contribution >= 0.6 is 0 Å². The summed E-state index contributed by atoms with van der Waals surface area (Å²) in [6, 6.07) is 6.17. The van der Waals surface area contributed by atoms with Crippen LogP contribution in [-0.2, 0) is 0 Å². The summed E-state index contributed by atoms with van der Waals surface area (Å²) in [5.41, 5.74) is 10.3. The van der Waals surface area contributed by atoms with Crippen molar-refractivity contribution in [3.63, 3.8) is 0 Å². The van der Waals surface area contributed by atoms with E-state index in [9.17, 15) is 4.79 Å². The van der Waals surface area contributed by atoms with Gasteiger partial charge in [0.1, 0.15) is 24.3 Å². The molecule has 160 valence electrons. The number of nitrogen functional groups attached to an aromatic ring is 1. The van der Waals surface area contributed by atoms with Gasteiger partial charge >= 0.3 is 0 Å². The van der Waals surface area contributed by atoms with Crippen molar-refractivity contribution in [2.75, 3.05) is 23.8 Å². The average molecular weight is 427 g/mol. The van der Waals surface area contributed by atoms with E-state index in [0.29, 0.717) is 25.0 Å². The van der Waals surface area contributed by atoms with Gasteiger partial charge in [-0.05, 0) is 55.0 Å². The van der Waals surface area contributed by atoms with Gasteiger partial charge in [0.25, 0.3) is 5.91 Å². The summed E-state index contributed by atoms with van der Waals surface area (Å²) in [5, 5.41) is 1.03. The zero-order valence-corrected chi connectivity index (χ0v) is 17.5. The molecule has 0 atom stereocenters. The van der Waals surface area contributed by atoms with Gasteiger partial charge in [-0.1, -0.05) is 0 Å². The minimum Gasteiger partial charge on any atom is -0.475 e. The number of ether oxygens (including phenoxy) is 1. The number of rotatable bonds is 3. The molecule has 32 heavy (non-hydrogen) atoms. The number of carbonyl (C=O) groups is 1. The third-order valence-corrected chi connectivity index (χ3v) is 5.96. The Labute approximate surface area is 183 Å². The maximum Gasteiger partial charge on any atom is 0.267 e. The summed E-state index contributed by atoms with van der Waals surface area (Å²) < 4.78 is 7.71. The molecule has 0 radical (unpaired) electrons. The van der Waals surface area contributed by atoms with Gasteiger partial charge < -0.3 is 15.4 Å². The van der Waals surface area contributed by atoms with E-state index in [0.717, 1.165) is 35.0 Å². The van der Waals surface area contributed by atoms with Crippen molar-refractivity contribution in [3.8, 4) is 11.8 Å². The van der Waals surface area contributed by atoms with Crippen LogP contribution in [0.5, 0.6) is 5.88 Å². The van der Waals surface area contributed by atoms with Crippen LogP contribution in [0.25, 0.3) is 16.9 Å². The fourth-order valence-corrected chi connectivity index (χ4v) is 4.25. The third-order valence-electron chi connectivity index (χ3n) is 5.96. The van der Waals surface area contributed by atoms with Gasteiger partial charge in [-0.2, -0.15) is 0 Å². The van der Waals surface area contributed by atoms with Crippen molar-refractivity contribution >= 4 is 28.3 Å². The number of aromatic nitrogens is 5. The predicted molar refractivity (Wildman–Crippen MR) is 119 cm³/mol. The quantitative estimate of drug-likeness (QED) is 0.535. The molecule has 9 heteroatoms. The van der Waals surface area contributed by atoms with Crippen molar-refractivity contribution < 1.29 is 9.53 Å². The highest BCUT2D eigenvalue weighted by molar-refractivity contribution is 6.11. The van der Waals surface area contributed by atoms with Crippen LogP contribution in [0, 0.1) is 6.92 Å². The molecule has 0 unspecified atom stereocenters. The monoisotopic (exact) mass is 427 g/mol. The first-order chi connectivity index (χ1) is 15.6. The molecule has 1 aliphatic carbocycles. The maximum atomic E-state index is 13.4. The number of carbonyl (C=O) groups excluding carboxylic acids is 1. The van der Waals surface area contributed by atoms with E-state index in [1.54, 1.807) is 4.90 Å². The zero-order valence-electron chi connectivity index (χ0n) is 17.5. The molecule has 6 rings (SSSR count). The van der Waals surface area contributed by atoms with Gasteiger partial charge in [0.05, 0.1) is 12.1 Å². The Kier molecular flexibility index (Phi) is 4.11. The van der Waals surface area contributed by atoms with E-state index in [-0.39, 0.29) is 23.2 Å². The smallest absolute Gasteiger partial charge is 0.267 e. The Morgan fingerprint density at radius 2 is 1.94 bits per heavy atom. The largest absolute Gasteiger partial charge is 0.475 e. The Hall–Kier alpha value is -4.01. The predicted octanol–water partition coefficient (Wildman–Crippen LogP) is 3.02. The lowest BCUT2D eigenvalue weighted by Crippen LogP contribution is -2.32. The summed E-state index contributed by atoms with van der Waals surface area (Å²) in [7, 11) is 0. The van der Waals surface area contributed by atoms with Crippen molar-refractivity contribution in [1.82, 2.24) is 24.5 Å². The molecule has 0 spiro atoms. The number of aryl methyl sites for hydroxylation is 1. The van der Waals surface area contributed by atoms with Gasteiger partial charge in [0, 0.05) is 29.7 Å². The van der Waals surface area contributed by atoms with Crippen molar-refractivity contribution in [1.29, 1.82) is 0 Å². The lowest BCUT2D eigenvalue weighted by Gasteiger charge is -2.22. The van der Waals surface area contributed by atoms with E-state index in [1.165, 1.54) is 11.9 Å². The number of benzene rings is 1. The zero-order chi connectivity index (χ0) is 21.8.